The van der Waals surface area contributed by atoms with Crippen molar-refractivity contribution in [2.75, 3.05) is 13.2 Å². The molecule has 0 saturated heterocycles. The summed E-state index contributed by atoms with van der Waals surface area (Å²) < 4.78 is 0. The number of amidine groups is 1. The molecule has 1 heterocycles. The number of aromatic nitrogens is 1. The molecule has 1 aromatic rings. The van der Waals surface area contributed by atoms with E-state index in [1.54, 1.807) is 12.3 Å². The second-order valence-corrected chi connectivity index (χ2v) is 4.83. The number of hydrogen-bond donors (Lipinski definition) is 4. The smallest absolute Gasteiger partial charge is 0.188 e. The van der Waals surface area contributed by atoms with Crippen LogP contribution >= 0.6 is 0 Å². The van der Waals surface area contributed by atoms with E-state index in [2.05, 4.69) is 22.4 Å². The number of aliphatic hydroxyl groups excluding tert-OH is 1. The molecule has 1 unspecified atom stereocenters. The van der Waals surface area contributed by atoms with Crippen molar-refractivity contribution in [3.63, 3.8) is 0 Å². The molecule has 20 heavy (non-hydrogen) atoms. The van der Waals surface area contributed by atoms with Crippen LogP contribution in [-0.4, -0.2) is 34.3 Å². The highest BCUT2D eigenvalue weighted by molar-refractivity contribution is 5.95. The molecule has 0 aliphatic rings. The Morgan fingerprint density at radius 2 is 2.30 bits per heavy atom. The molecule has 0 spiro atoms. The van der Waals surface area contributed by atoms with Crippen LogP contribution < -0.4 is 11.1 Å². The Labute approximate surface area is 119 Å². The van der Waals surface area contributed by atoms with Gasteiger partial charge in [-0.2, -0.15) is 0 Å². The van der Waals surface area contributed by atoms with Crippen LogP contribution in [-0.2, 0) is 6.54 Å². The van der Waals surface area contributed by atoms with Gasteiger partial charge in [-0.05, 0) is 43.0 Å². The Bertz CT molecular complexity index is 417. The normalized spacial score (nSPS) is 13.4. The molecule has 6 heteroatoms. The molecule has 0 bridgehead atoms. The Morgan fingerprint density at radius 3 is 2.95 bits per heavy atom. The van der Waals surface area contributed by atoms with Gasteiger partial charge in [0, 0.05) is 19.3 Å². The third-order valence-corrected chi connectivity index (χ3v) is 3.19. The van der Waals surface area contributed by atoms with Crippen molar-refractivity contribution < 1.29 is 10.3 Å². The summed E-state index contributed by atoms with van der Waals surface area (Å²) in [6.07, 6.45) is 4.70. The average molecular weight is 280 g/mol. The minimum absolute atomic E-state index is 0.0102. The molecule has 1 aromatic heterocycles. The minimum Gasteiger partial charge on any atom is -0.409 e. The number of aliphatic hydroxyl groups is 1. The number of pyridine rings is 1. The van der Waals surface area contributed by atoms with Gasteiger partial charge in [-0.25, -0.2) is 0 Å². The van der Waals surface area contributed by atoms with Gasteiger partial charge in [-0.3, -0.25) is 4.98 Å². The topological polar surface area (TPSA) is 104 Å². The molecule has 0 radical (unpaired) electrons. The summed E-state index contributed by atoms with van der Waals surface area (Å²) in [5.74, 6) is 0.506. The fraction of sp³-hybridized carbons (Fsp3) is 0.571. The van der Waals surface area contributed by atoms with E-state index >= 15 is 0 Å². The van der Waals surface area contributed by atoms with Crippen molar-refractivity contribution in [1.82, 2.24) is 10.3 Å². The molecular weight excluding hydrogens is 256 g/mol. The fourth-order valence-corrected chi connectivity index (χ4v) is 2.14. The number of hydrogen-bond acceptors (Lipinski definition) is 5. The number of rotatable bonds is 9. The number of nitrogens with two attached hydrogens (primary N) is 1. The molecule has 0 aliphatic heterocycles. The number of nitrogens with zero attached hydrogens (tertiary/aromatic N) is 2. The van der Waals surface area contributed by atoms with Gasteiger partial charge in [0.15, 0.2) is 5.84 Å². The third kappa shape index (κ3) is 5.54. The van der Waals surface area contributed by atoms with E-state index in [1.807, 2.05) is 6.07 Å². The van der Waals surface area contributed by atoms with Crippen LogP contribution in [0.3, 0.4) is 0 Å². The number of nitrogens with one attached hydrogen (secondary N) is 1. The monoisotopic (exact) mass is 280 g/mol. The van der Waals surface area contributed by atoms with Crippen molar-refractivity contribution in [2.24, 2.45) is 16.8 Å². The van der Waals surface area contributed by atoms with Crippen LogP contribution in [0.2, 0.25) is 0 Å². The van der Waals surface area contributed by atoms with Gasteiger partial charge in [-0.1, -0.05) is 18.5 Å². The first-order valence-electron chi connectivity index (χ1n) is 6.95. The van der Waals surface area contributed by atoms with Crippen LogP contribution in [0.15, 0.2) is 23.5 Å². The van der Waals surface area contributed by atoms with Gasteiger partial charge in [0.25, 0.3) is 0 Å². The summed E-state index contributed by atoms with van der Waals surface area (Å²) in [4.78, 5) is 4.04. The number of oxime groups is 1. The van der Waals surface area contributed by atoms with Crippen LogP contribution in [0.1, 0.15) is 37.4 Å². The molecule has 112 valence electrons. The molecule has 1 rings (SSSR count). The van der Waals surface area contributed by atoms with E-state index in [0.717, 1.165) is 31.4 Å². The molecule has 5 N–H and O–H groups in total. The molecule has 0 aliphatic carbocycles. The second-order valence-electron chi connectivity index (χ2n) is 4.83. The highest BCUT2D eigenvalue weighted by atomic mass is 16.4. The molecule has 0 amide bonds. The van der Waals surface area contributed by atoms with Gasteiger partial charge >= 0.3 is 0 Å². The van der Waals surface area contributed by atoms with Gasteiger partial charge in [0.1, 0.15) is 5.69 Å². The Balaban J connectivity index is 2.48. The van der Waals surface area contributed by atoms with Crippen molar-refractivity contribution >= 4 is 5.84 Å². The Kier molecular flexibility index (Phi) is 7.60. The van der Waals surface area contributed by atoms with E-state index in [4.69, 9.17) is 16.0 Å². The van der Waals surface area contributed by atoms with Gasteiger partial charge in [-0.15, -0.1) is 0 Å². The molecular formula is C14H24N4O2. The maximum atomic E-state index is 9.02. The summed E-state index contributed by atoms with van der Waals surface area (Å²) in [6, 6.07) is 3.69. The highest BCUT2D eigenvalue weighted by Gasteiger charge is 2.07. The zero-order valence-corrected chi connectivity index (χ0v) is 11.9. The standard InChI is InChI=1S/C14H24N4O2/c1-2-3-11(5-7-19)9-16-10-12-4-6-17-13(8-12)14(15)18-20/h4,6,8,11,16,19-20H,2-3,5,7,9-10H2,1H3,(H2,15,18). The summed E-state index contributed by atoms with van der Waals surface area (Å²) in [5, 5.41) is 24.0. The maximum absolute atomic E-state index is 9.02. The lowest BCUT2D eigenvalue weighted by Crippen LogP contribution is -2.23. The van der Waals surface area contributed by atoms with E-state index < -0.39 is 0 Å². The van der Waals surface area contributed by atoms with Gasteiger partial charge in [0.05, 0.1) is 0 Å². The molecule has 6 nitrogen and oxygen atoms in total. The first-order chi connectivity index (χ1) is 9.71. The predicted octanol–water partition coefficient (Wildman–Crippen LogP) is 1.06. The zero-order chi connectivity index (χ0) is 14.8. The minimum atomic E-state index is 0.0102. The van der Waals surface area contributed by atoms with E-state index in [0.29, 0.717) is 18.2 Å². The van der Waals surface area contributed by atoms with E-state index in [9.17, 15) is 0 Å². The van der Waals surface area contributed by atoms with Crippen LogP contribution in [0.25, 0.3) is 0 Å². The predicted molar refractivity (Wildman–Crippen MR) is 78.6 cm³/mol. The van der Waals surface area contributed by atoms with Crippen LogP contribution in [0, 0.1) is 5.92 Å². The van der Waals surface area contributed by atoms with Crippen molar-refractivity contribution in [3.05, 3.63) is 29.6 Å². The molecule has 0 saturated carbocycles. The average Bonchev–Trinajstić information content (AvgIpc) is 2.47. The lowest BCUT2D eigenvalue weighted by Gasteiger charge is -2.15. The van der Waals surface area contributed by atoms with Crippen molar-refractivity contribution in [3.8, 4) is 0 Å². The molecule has 0 fully saturated rings. The zero-order valence-electron chi connectivity index (χ0n) is 11.9. The Morgan fingerprint density at radius 1 is 1.50 bits per heavy atom. The summed E-state index contributed by atoms with van der Waals surface area (Å²) in [7, 11) is 0. The van der Waals surface area contributed by atoms with E-state index in [1.165, 1.54) is 0 Å². The van der Waals surface area contributed by atoms with Crippen LogP contribution in [0.5, 0.6) is 0 Å². The summed E-state index contributed by atoms with van der Waals surface area (Å²) in [6.45, 7) is 3.95. The SMILES string of the molecule is CCCC(CCO)CNCc1ccnc(/C(N)=N/O)c1. The summed E-state index contributed by atoms with van der Waals surface area (Å²) >= 11 is 0. The lowest BCUT2D eigenvalue weighted by atomic mass is 10.0. The third-order valence-electron chi connectivity index (χ3n) is 3.19. The van der Waals surface area contributed by atoms with Gasteiger partial charge < -0.3 is 21.4 Å². The van der Waals surface area contributed by atoms with Crippen molar-refractivity contribution in [1.29, 1.82) is 0 Å². The Hall–Kier alpha value is -1.66. The largest absolute Gasteiger partial charge is 0.409 e. The van der Waals surface area contributed by atoms with Crippen molar-refractivity contribution in [2.45, 2.75) is 32.7 Å². The molecule has 0 aromatic carbocycles. The first kappa shape index (κ1) is 16.4. The first-order valence-corrected chi connectivity index (χ1v) is 6.95. The highest BCUT2D eigenvalue weighted by Crippen LogP contribution is 2.10. The van der Waals surface area contributed by atoms with Crippen LogP contribution in [0.4, 0.5) is 0 Å². The quantitative estimate of drug-likeness (QED) is 0.234. The maximum Gasteiger partial charge on any atom is 0.188 e. The lowest BCUT2D eigenvalue weighted by molar-refractivity contribution is 0.248. The van der Waals surface area contributed by atoms with E-state index in [-0.39, 0.29) is 12.4 Å². The summed E-state index contributed by atoms with van der Waals surface area (Å²) in [5.41, 5.74) is 7.00. The fourth-order valence-electron chi connectivity index (χ4n) is 2.14. The molecule has 1 atom stereocenters. The second kappa shape index (κ2) is 9.28. The van der Waals surface area contributed by atoms with Gasteiger partial charge in [0.2, 0.25) is 0 Å².